The van der Waals surface area contributed by atoms with E-state index in [9.17, 15) is 14.3 Å². The molecular formula is C16H13FO3. The molecule has 0 unspecified atom stereocenters. The zero-order valence-electron chi connectivity index (χ0n) is 10.8. The Morgan fingerprint density at radius 1 is 1.20 bits per heavy atom. The van der Waals surface area contributed by atoms with Crippen molar-refractivity contribution in [2.75, 3.05) is 7.11 Å². The topological polar surface area (TPSA) is 46.5 Å². The van der Waals surface area contributed by atoms with E-state index in [-0.39, 0.29) is 17.3 Å². The smallest absolute Gasteiger partial charge is 0.185 e. The highest BCUT2D eigenvalue weighted by Crippen LogP contribution is 2.26. The SMILES string of the molecule is COc1ccc(/C=C/C(=O)c2ccc(F)cc2)cc1O. The Balaban J connectivity index is 2.14. The first-order valence-electron chi connectivity index (χ1n) is 5.95. The fourth-order valence-electron chi connectivity index (χ4n) is 1.69. The van der Waals surface area contributed by atoms with Gasteiger partial charge in [0.05, 0.1) is 7.11 Å². The summed E-state index contributed by atoms with van der Waals surface area (Å²) < 4.78 is 17.7. The molecule has 2 rings (SSSR count). The third kappa shape index (κ3) is 3.23. The summed E-state index contributed by atoms with van der Waals surface area (Å²) in [6, 6.07) is 10.1. The number of benzene rings is 2. The number of methoxy groups -OCH3 is 1. The highest BCUT2D eigenvalue weighted by Gasteiger charge is 2.03. The summed E-state index contributed by atoms with van der Waals surface area (Å²) >= 11 is 0. The lowest BCUT2D eigenvalue weighted by molar-refractivity contribution is 0.104. The van der Waals surface area contributed by atoms with Crippen molar-refractivity contribution in [3.05, 3.63) is 65.5 Å². The number of halogens is 1. The van der Waals surface area contributed by atoms with Crippen molar-refractivity contribution in [3.63, 3.8) is 0 Å². The first kappa shape index (κ1) is 13.8. The Labute approximate surface area is 115 Å². The summed E-state index contributed by atoms with van der Waals surface area (Å²) in [5.74, 6) is -0.248. The zero-order chi connectivity index (χ0) is 14.5. The highest BCUT2D eigenvalue weighted by atomic mass is 19.1. The first-order chi connectivity index (χ1) is 9.60. The Morgan fingerprint density at radius 2 is 1.90 bits per heavy atom. The molecule has 0 aromatic heterocycles. The van der Waals surface area contributed by atoms with Crippen LogP contribution in [0.15, 0.2) is 48.5 Å². The predicted molar refractivity (Wildman–Crippen MR) is 74.4 cm³/mol. The van der Waals surface area contributed by atoms with E-state index in [0.717, 1.165) is 0 Å². The Bertz CT molecular complexity index is 645. The molecule has 4 heteroatoms. The maximum atomic E-state index is 12.7. The molecule has 0 aliphatic heterocycles. The monoisotopic (exact) mass is 272 g/mol. The number of rotatable bonds is 4. The lowest BCUT2D eigenvalue weighted by Gasteiger charge is -2.03. The average molecular weight is 272 g/mol. The number of carbonyl (C=O) groups is 1. The minimum Gasteiger partial charge on any atom is -0.504 e. The van der Waals surface area contributed by atoms with E-state index in [4.69, 9.17) is 4.74 Å². The number of ether oxygens (including phenoxy) is 1. The van der Waals surface area contributed by atoms with E-state index in [0.29, 0.717) is 16.9 Å². The van der Waals surface area contributed by atoms with Crippen molar-refractivity contribution < 1.29 is 19.0 Å². The molecule has 0 atom stereocenters. The van der Waals surface area contributed by atoms with Crippen LogP contribution in [0, 0.1) is 5.82 Å². The minimum absolute atomic E-state index is 0.00359. The molecule has 0 aliphatic rings. The Kier molecular flexibility index (Phi) is 4.15. The third-order valence-corrected chi connectivity index (χ3v) is 2.76. The van der Waals surface area contributed by atoms with Gasteiger partial charge in [-0.1, -0.05) is 12.1 Å². The van der Waals surface area contributed by atoms with Crippen LogP contribution in [-0.4, -0.2) is 18.0 Å². The largest absolute Gasteiger partial charge is 0.504 e. The lowest BCUT2D eigenvalue weighted by Crippen LogP contribution is -1.93. The molecule has 2 aromatic rings. The lowest BCUT2D eigenvalue weighted by atomic mass is 10.1. The summed E-state index contributed by atoms with van der Waals surface area (Å²) in [7, 11) is 1.46. The van der Waals surface area contributed by atoms with Gasteiger partial charge in [0.1, 0.15) is 5.82 Å². The maximum Gasteiger partial charge on any atom is 0.185 e. The van der Waals surface area contributed by atoms with Crippen LogP contribution in [0.5, 0.6) is 11.5 Å². The van der Waals surface area contributed by atoms with Crippen LogP contribution in [-0.2, 0) is 0 Å². The van der Waals surface area contributed by atoms with Crippen LogP contribution < -0.4 is 4.74 Å². The summed E-state index contributed by atoms with van der Waals surface area (Å²) in [6.07, 6.45) is 2.94. The second-order valence-electron chi connectivity index (χ2n) is 4.14. The van der Waals surface area contributed by atoms with Crippen LogP contribution in [0.3, 0.4) is 0 Å². The highest BCUT2D eigenvalue weighted by molar-refractivity contribution is 6.06. The van der Waals surface area contributed by atoms with Gasteiger partial charge in [0.25, 0.3) is 0 Å². The van der Waals surface area contributed by atoms with E-state index in [1.165, 1.54) is 43.5 Å². The number of carbonyl (C=O) groups excluding carboxylic acids is 1. The van der Waals surface area contributed by atoms with Gasteiger partial charge >= 0.3 is 0 Å². The van der Waals surface area contributed by atoms with Crippen LogP contribution in [0.4, 0.5) is 4.39 Å². The fourth-order valence-corrected chi connectivity index (χ4v) is 1.69. The average Bonchev–Trinajstić information content (AvgIpc) is 2.45. The van der Waals surface area contributed by atoms with Crippen molar-refractivity contribution in [1.29, 1.82) is 0 Å². The number of hydrogen-bond donors (Lipinski definition) is 1. The quantitative estimate of drug-likeness (QED) is 0.685. The molecule has 0 radical (unpaired) electrons. The van der Waals surface area contributed by atoms with E-state index >= 15 is 0 Å². The molecule has 102 valence electrons. The van der Waals surface area contributed by atoms with E-state index < -0.39 is 0 Å². The molecule has 0 aliphatic carbocycles. The van der Waals surface area contributed by atoms with Crippen molar-refractivity contribution >= 4 is 11.9 Å². The van der Waals surface area contributed by atoms with Gasteiger partial charge in [0.2, 0.25) is 0 Å². The molecule has 1 N–H and O–H groups in total. The van der Waals surface area contributed by atoms with Crippen molar-refractivity contribution in [2.45, 2.75) is 0 Å². The molecular weight excluding hydrogens is 259 g/mol. The molecule has 0 fully saturated rings. The van der Waals surface area contributed by atoms with Crippen molar-refractivity contribution in [3.8, 4) is 11.5 Å². The van der Waals surface area contributed by atoms with Gasteiger partial charge in [-0.05, 0) is 48.0 Å². The molecule has 0 saturated carbocycles. The van der Waals surface area contributed by atoms with Gasteiger partial charge < -0.3 is 9.84 Å². The molecule has 3 nitrogen and oxygen atoms in total. The molecule has 0 bridgehead atoms. The van der Waals surface area contributed by atoms with E-state index in [1.807, 2.05) is 0 Å². The molecule has 0 saturated heterocycles. The first-order valence-corrected chi connectivity index (χ1v) is 5.95. The van der Waals surface area contributed by atoms with Gasteiger partial charge in [-0.2, -0.15) is 0 Å². The van der Waals surface area contributed by atoms with Crippen LogP contribution in [0.25, 0.3) is 6.08 Å². The van der Waals surface area contributed by atoms with Crippen LogP contribution >= 0.6 is 0 Å². The van der Waals surface area contributed by atoms with Gasteiger partial charge in [0, 0.05) is 5.56 Å². The Hall–Kier alpha value is -2.62. The van der Waals surface area contributed by atoms with Crippen LogP contribution in [0.2, 0.25) is 0 Å². The minimum atomic E-state index is -0.384. The number of phenols is 1. The second kappa shape index (κ2) is 6.02. The Morgan fingerprint density at radius 3 is 2.50 bits per heavy atom. The van der Waals surface area contributed by atoms with E-state index in [2.05, 4.69) is 0 Å². The number of phenolic OH excluding ortho intramolecular Hbond substituents is 1. The number of hydrogen-bond acceptors (Lipinski definition) is 3. The zero-order valence-corrected chi connectivity index (χ0v) is 10.8. The summed E-state index contributed by atoms with van der Waals surface area (Å²) in [5, 5.41) is 9.62. The summed E-state index contributed by atoms with van der Waals surface area (Å²) in [4.78, 5) is 11.8. The summed E-state index contributed by atoms with van der Waals surface area (Å²) in [5.41, 5.74) is 1.07. The third-order valence-electron chi connectivity index (χ3n) is 2.76. The van der Waals surface area contributed by atoms with Gasteiger partial charge in [0.15, 0.2) is 17.3 Å². The fraction of sp³-hybridized carbons (Fsp3) is 0.0625. The van der Waals surface area contributed by atoms with Crippen molar-refractivity contribution in [2.24, 2.45) is 0 Å². The standard InChI is InChI=1S/C16H13FO3/c1-20-16-9-3-11(10-15(16)19)2-8-14(18)12-4-6-13(17)7-5-12/h2-10,19H,1H3/b8-2+. The molecule has 20 heavy (non-hydrogen) atoms. The van der Waals surface area contributed by atoms with Crippen LogP contribution in [0.1, 0.15) is 15.9 Å². The number of ketones is 1. The van der Waals surface area contributed by atoms with Gasteiger partial charge in [-0.25, -0.2) is 4.39 Å². The molecule has 0 heterocycles. The van der Waals surface area contributed by atoms with E-state index in [1.54, 1.807) is 18.2 Å². The predicted octanol–water partition coefficient (Wildman–Crippen LogP) is 3.44. The normalized spacial score (nSPS) is 10.7. The number of aromatic hydroxyl groups is 1. The van der Waals surface area contributed by atoms with Gasteiger partial charge in [-0.3, -0.25) is 4.79 Å². The molecule has 2 aromatic carbocycles. The van der Waals surface area contributed by atoms with Gasteiger partial charge in [-0.15, -0.1) is 0 Å². The maximum absolute atomic E-state index is 12.7. The molecule has 0 spiro atoms. The molecule has 0 amide bonds. The summed E-state index contributed by atoms with van der Waals surface area (Å²) in [6.45, 7) is 0. The second-order valence-corrected chi connectivity index (χ2v) is 4.14. The van der Waals surface area contributed by atoms with Crippen molar-refractivity contribution in [1.82, 2.24) is 0 Å². The number of allylic oxidation sites excluding steroid dienone is 1.